The number of rotatable bonds is 8. The summed E-state index contributed by atoms with van der Waals surface area (Å²) in [4.78, 5) is 6.46. The van der Waals surface area contributed by atoms with Crippen LogP contribution in [0.3, 0.4) is 0 Å². The summed E-state index contributed by atoms with van der Waals surface area (Å²) in [5, 5.41) is 11.9. The van der Waals surface area contributed by atoms with E-state index >= 15 is 0 Å². The van der Waals surface area contributed by atoms with E-state index in [4.69, 9.17) is 9.47 Å². The van der Waals surface area contributed by atoms with Gasteiger partial charge in [0, 0.05) is 51.4 Å². The van der Waals surface area contributed by atoms with Crippen LogP contribution in [-0.2, 0) is 13.0 Å². The van der Waals surface area contributed by atoms with Crippen LogP contribution in [0.4, 0.5) is 0 Å². The van der Waals surface area contributed by atoms with Crippen LogP contribution >= 0.6 is 0 Å². The predicted octanol–water partition coefficient (Wildman–Crippen LogP) is 2.39. The van der Waals surface area contributed by atoms with E-state index in [9.17, 15) is 0 Å². The summed E-state index contributed by atoms with van der Waals surface area (Å²) in [6.45, 7) is 1.46. The zero-order chi connectivity index (χ0) is 20.6. The van der Waals surface area contributed by atoms with Crippen molar-refractivity contribution >= 4 is 11.6 Å². The number of aliphatic imine (C=N–C) groups is 1. The Morgan fingerprint density at radius 1 is 1.17 bits per heavy atom. The molecule has 0 saturated carbocycles. The first-order valence-corrected chi connectivity index (χ1v) is 9.57. The Balaban J connectivity index is 1.53. The predicted molar refractivity (Wildman–Crippen MR) is 114 cm³/mol. The summed E-state index contributed by atoms with van der Waals surface area (Å²) < 4.78 is 12.8. The SMILES string of the molecule is CN=C(NCCCc1nnc2ccccn12)N(C)Cc1ccc(OC)cc1OC. The molecule has 29 heavy (non-hydrogen) atoms. The Kier molecular flexibility index (Phi) is 6.89. The van der Waals surface area contributed by atoms with Crippen molar-refractivity contribution in [2.24, 2.45) is 4.99 Å². The molecule has 0 aliphatic heterocycles. The summed E-state index contributed by atoms with van der Waals surface area (Å²) in [6, 6.07) is 11.7. The van der Waals surface area contributed by atoms with Crippen molar-refractivity contribution in [2.75, 3.05) is 34.9 Å². The number of fused-ring (bicyclic) bond motifs is 1. The molecule has 0 radical (unpaired) electrons. The summed E-state index contributed by atoms with van der Waals surface area (Å²) in [5.74, 6) is 3.37. The van der Waals surface area contributed by atoms with Gasteiger partial charge in [0.25, 0.3) is 0 Å². The van der Waals surface area contributed by atoms with Gasteiger partial charge in [-0.2, -0.15) is 0 Å². The average Bonchev–Trinajstić information content (AvgIpc) is 3.17. The molecule has 0 atom stereocenters. The number of aromatic nitrogens is 3. The summed E-state index contributed by atoms with van der Waals surface area (Å²) >= 11 is 0. The van der Waals surface area contributed by atoms with Gasteiger partial charge in [-0.05, 0) is 30.7 Å². The highest BCUT2D eigenvalue weighted by Gasteiger charge is 2.11. The molecule has 0 spiro atoms. The smallest absolute Gasteiger partial charge is 0.193 e. The standard InChI is InChI=1S/C21H28N6O2/c1-22-21(26(2)15-16-10-11-17(28-3)14-18(16)29-4)23-12-7-9-20-25-24-19-8-5-6-13-27(19)20/h5-6,8,10-11,13-14H,7,9,12,15H2,1-4H3,(H,22,23). The molecule has 0 bridgehead atoms. The molecule has 2 aromatic heterocycles. The summed E-state index contributed by atoms with van der Waals surface area (Å²) in [6.07, 6.45) is 3.76. The molecule has 0 fully saturated rings. The zero-order valence-electron chi connectivity index (χ0n) is 17.4. The van der Waals surface area contributed by atoms with Crippen LogP contribution < -0.4 is 14.8 Å². The highest BCUT2D eigenvalue weighted by molar-refractivity contribution is 5.79. The van der Waals surface area contributed by atoms with Gasteiger partial charge in [0.15, 0.2) is 11.6 Å². The molecular formula is C21H28N6O2. The monoisotopic (exact) mass is 396 g/mol. The van der Waals surface area contributed by atoms with Gasteiger partial charge in [0.05, 0.1) is 14.2 Å². The third kappa shape index (κ3) is 4.96. The van der Waals surface area contributed by atoms with Gasteiger partial charge in [0.1, 0.15) is 17.3 Å². The molecular weight excluding hydrogens is 368 g/mol. The van der Waals surface area contributed by atoms with Crippen LogP contribution in [0.25, 0.3) is 5.65 Å². The molecule has 0 saturated heterocycles. The van der Waals surface area contributed by atoms with Gasteiger partial charge in [-0.15, -0.1) is 10.2 Å². The van der Waals surface area contributed by atoms with Gasteiger partial charge >= 0.3 is 0 Å². The van der Waals surface area contributed by atoms with Crippen LogP contribution in [-0.4, -0.2) is 60.3 Å². The molecule has 3 rings (SSSR count). The Bertz CT molecular complexity index is 969. The molecule has 8 nitrogen and oxygen atoms in total. The lowest BCUT2D eigenvalue weighted by Crippen LogP contribution is -2.39. The molecule has 3 aromatic rings. The van der Waals surface area contributed by atoms with Crippen molar-refractivity contribution in [2.45, 2.75) is 19.4 Å². The average molecular weight is 396 g/mol. The fraction of sp³-hybridized carbons (Fsp3) is 0.381. The quantitative estimate of drug-likeness (QED) is 0.358. The molecule has 0 unspecified atom stereocenters. The fourth-order valence-corrected chi connectivity index (χ4v) is 3.21. The van der Waals surface area contributed by atoms with Crippen LogP contribution in [0.5, 0.6) is 11.5 Å². The number of hydrogen-bond acceptors (Lipinski definition) is 5. The van der Waals surface area contributed by atoms with Crippen LogP contribution in [0.2, 0.25) is 0 Å². The lowest BCUT2D eigenvalue weighted by molar-refractivity contribution is 0.382. The highest BCUT2D eigenvalue weighted by Crippen LogP contribution is 2.25. The largest absolute Gasteiger partial charge is 0.497 e. The van der Waals surface area contributed by atoms with Crippen molar-refractivity contribution in [1.29, 1.82) is 0 Å². The number of ether oxygens (including phenoxy) is 2. The van der Waals surface area contributed by atoms with E-state index in [1.165, 1.54) is 0 Å². The molecule has 0 amide bonds. The number of guanidine groups is 1. The maximum Gasteiger partial charge on any atom is 0.193 e. The minimum absolute atomic E-state index is 0.668. The van der Waals surface area contributed by atoms with Crippen molar-refractivity contribution in [3.8, 4) is 11.5 Å². The van der Waals surface area contributed by atoms with Crippen molar-refractivity contribution in [3.63, 3.8) is 0 Å². The minimum atomic E-state index is 0.668. The molecule has 0 aliphatic carbocycles. The Labute approximate surface area is 171 Å². The second-order valence-electron chi connectivity index (χ2n) is 6.66. The lowest BCUT2D eigenvalue weighted by atomic mass is 10.2. The topological polar surface area (TPSA) is 76.3 Å². The first-order chi connectivity index (χ1) is 14.2. The molecule has 0 aliphatic rings. The normalized spacial score (nSPS) is 11.5. The third-order valence-corrected chi connectivity index (χ3v) is 4.72. The second kappa shape index (κ2) is 9.77. The van der Waals surface area contributed by atoms with Crippen LogP contribution in [0.1, 0.15) is 17.8 Å². The highest BCUT2D eigenvalue weighted by atomic mass is 16.5. The first kappa shape index (κ1) is 20.4. The number of hydrogen-bond donors (Lipinski definition) is 1. The van der Waals surface area contributed by atoms with E-state index in [1.54, 1.807) is 21.3 Å². The summed E-state index contributed by atoms with van der Waals surface area (Å²) in [7, 11) is 7.11. The van der Waals surface area contributed by atoms with E-state index in [2.05, 4.69) is 25.4 Å². The van der Waals surface area contributed by atoms with Crippen LogP contribution in [0, 0.1) is 0 Å². The molecule has 1 N–H and O–H groups in total. The van der Waals surface area contributed by atoms with Crippen molar-refractivity contribution in [3.05, 3.63) is 54.0 Å². The van der Waals surface area contributed by atoms with E-state index < -0.39 is 0 Å². The summed E-state index contributed by atoms with van der Waals surface area (Å²) in [5.41, 5.74) is 1.94. The number of methoxy groups -OCH3 is 2. The number of aryl methyl sites for hydroxylation is 1. The molecule has 2 heterocycles. The van der Waals surface area contributed by atoms with E-state index in [0.29, 0.717) is 6.54 Å². The van der Waals surface area contributed by atoms with E-state index in [-0.39, 0.29) is 0 Å². The number of nitrogens with zero attached hydrogens (tertiary/aromatic N) is 5. The number of benzene rings is 1. The Hall–Kier alpha value is -3.29. The first-order valence-electron chi connectivity index (χ1n) is 9.57. The minimum Gasteiger partial charge on any atom is -0.497 e. The third-order valence-electron chi connectivity index (χ3n) is 4.72. The maximum absolute atomic E-state index is 5.49. The number of nitrogens with one attached hydrogen (secondary N) is 1. The van der Waals surface area contributed by atoms with Gasteiger partial charge in [-0.3, -0.25) is 9.39 Å². The zero-order valence-corrected chi connectivity index (χ0v) is 17.4. The van der Waals surface area contributed by atoms with Gasteiger partial charge < -0.3 is 19.7 Å². The van der Waals surface area contributed by atoms with Crippen molar-refractivity contribution in [1.82, 2.24) is 24.8 Å². The fourth-order valence-electron chi connectivity index (χ4n) is 3.21. The molecule has 1 aromatic carbocycles. The Morgan fingerprint density at radius 3 is 2.79 bits per heavy atom. The van der Waals surface area contributed by atoms with Gasteiger partial charge in [-0.25, -0.2) is 0 Å². The molecule has 8 heteroatoms. The van der Waals surface area contributed by atoms with Gasteiger partial charge in [-0.1, -0.05) is 6.07 Å². The Morgan fingerprint density at radius 2 is 2.03 bits per heavy atom. The number of pyridine rings is 1. The van der Waals surface area contributed by atoms with Gasteiger partial charge in [0.2, 0.25) is 0 Å². The maximum atomic E-state index is 5.49. The van der Waals surface area contributed by atoms with Crippen molar-refractivity contribution < 1.29 is 9.47 Å². The lowest BCUT2D eigenvalue weighted by Gasteiger charge is -2.23. The second-order valence-corrected chi connectivity index (χ2v) is 6.66. The van der Waals surface area contributed by atoms with E-state index in [1.807, 2.05) is 54.0 Å². The van der Waals surface area contributed by atoms with E-state index in [0.717, 1.165) is 53.9 Å². The molecule has 154 valence electrons. The van der Waals surface area contributed by atoms with Crippen LogP contribution in [0.15, 0.2) is 47.6 Å².